The lowest BCUT2D eigenvalue weighted by atomic mass is 10.0. The van der Waals surface area contributed by atoms with Crippen molar-refractivity contribution in [1.82, 2.24) is 5.32 Å². The first-order chi connectivity index (χ1) is 29.5. The summed E-state index contributed by atoms with van der Waals surface area (Å²) in [4.78, 5) is 26.0. The number of nitrogens with one attached hydrogen (secondary N) is 1. The Bertz CT molecular complexity index is 1160. The summed E-state index contributed by atoms with van der Waals surface area (Å²) >= 11 is 0. The van der Waals surface area contributed by atoms with Gasteiger partial charge in [-0.1, -0.05) is 209 Å². The number of amides is 1. The van der Waals surface area contributed by atoms with Gasteiger partial charge in [0.15, 0.2) is 0 Å². The molecule has 0 aromatic carbocycles. The molecule has 0 spiro atoms. The molecule has 0 saturated carbocycles. The second-order valence-corrected chi connectivity index (χ2v) is 16.5. The summed E-state index contributed by atoms with van der Waals surface area (Å²) in [6.07, 6.45) is 60.8. The van der Waals surface area contributed by atoms with Crippen LogP contribution in [0.15, 0.2) is 85.1 Å². The summed E-state index contributed by atoms with van der Waals surface area (Å²) in [7, 11) is 0. The van der Waals surface area contributed by atoms with Gasteiger partial charge in [0.1, 0.15) is 6.10 Å². The predicted octanol–water partition coefficient (Wildman–Crippen LogP) is 14.8. The molecule has 0 saturated heterocycles. The van der Waals surface area contributed by atoms with Crippen molar-refractivity contribution in [1.29, 1.82) is 0 Å². The van der Waals surface area contributed by atoms with E-state index < -0.39 is 18.2 Å². The first-order valence-electron chi connectivity index (χ1n) is 24.8. The van der Waals surface area contributed by atoms with E-state index in [1.54, 1.807) is 0 Å². The van der Waals surface area contributed by atoms with E-state index in [1.807, 2.05) is 6.08 Å². The van der Waals surface area contributed by atoms with Crippen LogP contribution in [0.1, 0.15) is 220 Å². The van der Waals surface area contributed by atoms with Crippen LogP contribution in [0.5, 0.6) is 0 Å². The molecule has 3 unspecified atom stereocenters. The zero-order valence-electron chi connectivity index (χ0n) is 39.1. The van der Waals surface area contributed by atoms with E-state index in [9.17, 15) is 19.8 Å². The van der Waals surface area contributed by atoms with Crippen molar-refractivity contribution >= 4 is 11.9 Å². The molecule has 3 N–H and O–H groups in total. The Labute approximate surface area is 370 Å². The number of rotatable bonds is 43. The maximum Gasteiger partial charge on any atom is 0.306 e. The van der Waals surface area contributed by atoms with Gasteiger partial charge in [-0.25, -0.2) is 0 Å². The SMILES string of the molecule is CC/C=C\C/C=C\C/C=C\C/C=C\C/C=C\C/C=C\CCC(=O)OC(CCCCC/C=C\CCCC)CC(=O)NC(CO)C(O)CCCCCCCCCCCCCCC. The number of aliphatic hydroxyl groups excluding tert-OH is 2. The highest BCUT2D eigenvalue weighted by atomic mass is 16.5. The summed E-state index contributed by atoms with van der Waals surface area (Å²) < 4.78 is 5.85. The van der Waals surface area contributed by atoms with Crippen LogP contribution in [0.25, 0.3) is 0 Å². The molecule has 0 aliphatic carbocycles. The minimum atomic E-state index is -0.806. The van der Waals surface area contributed by atoms with Gasteiger partial charge in [0.25, 0.3) is 0 Å². The lowest BCUT2D eigenvalue weighted by molar-refractivity contribution is -0.150. The van der Waals surface area contributed by atoms with Gasteiger partial charge in [0.2, 0.25) is 5.91 Å². The van der Waals surface area contributed by atoms with Gasteiger partial charge in [0, 0.05) is 6.42 Å². The quantitative estimate of drug-likeness (QED) is 0.0323. The molecule has 0 aliphatic rings. The molecule has 0 heterocycles. The Morgan fingerprint density at radius 2 is 0.917 bits per heavy atom. The number of hydrogen-bond acceptors (Lipinski definition) is 5. The molecule has 0 bridgehead atoms. The van der Waals surface area contributed by atoms with Crippen molar-refractivity contribution in [2.24, 2.45) is 0 Å². The number of unbranched alkanes of at least 4 members (excludes halogenated alkanes) is 17. The first kappa shape index (κ1) is 57.0. The molecule has 344 valence electrons. The molecule has 0 aromatic rings. The molecule has 60 heavy (non-hydrogen) atoms. The normalized spacial score (nSPS) is 14.0. The first-order valence-corrected chi connectivity index (χ1v) is 24.8. The number of hydrogen-bond donors (Lipinski definition) is 3. The van der Waals surface area contributed by atoms with E-state index in [0.717, 1.165) is 89.9 Å². The van der Waals surface area contributed by atoms with E-state index in [2.05, 4.69) is 105 Å². The Kier molecular flexibility index (Phi) is 44.8. The third-order valence-corrected chi connectivity index (χ3v) is 10.7. The summed E-state index contributed by atoms with van der Waals surface area (Å²) in [5.74, 6) is -0.598. The number of carbonyl (C=O) groups is 2. The lowest BCUT2D eigenvalue weighted by Crippen LogP contribution is -2.46. The molecule has 0 rings (SSSR count). The summed E-state index contributed by atoms with van der Waals surface area (Å²) in [5.41, 5.74) is 0. The average Bonchev–Trinajstić information content (AvgIpc) is 3.24. The fourth-order valence-corrected chi connectivity index (χ4v) is 6.97. The minimum absolute atomic E-state index is 0.0323. The third kappa shape index (κ3) is 41.8. The summed E-state index contributed by atoms with van der Waals surface area (Å²) in [5, 5.41) is 23.7. The van der Waals surface area contributed by atoms with Gasteiger partial charge in [-0.2, -0.15) is 0 Å². The Morgan fingerprint density at radius 3 is 1.42 bits per heavy atom. The maximum atomic E-state index is 13.1. The molecule has 6 heteroatoms. The largest absolute Gasteiger partial charge is 0.462 e. The Balaban J connectivity index is 4.61. The van der Waals surface area contributed by atoms with Crippen LogP contribution in [-0.2, 0) is 14.3 Å². The molecule has 3 atom stereocenters. The van der Waals surface area contributed by atoms with Gasteiger partial charge in [-0.3, -0.25) is 9.59 Å². The van der Waals surface area contributed by atoms with Gasteiger partial charge < -0.3 is 20.3 Å². The number of allylic oxidation sites excluding steroid dienone is 14. The highest BCUT2D eigenvalue weighted by Gasteiger charge is 2.24. The molecular weight excluding hydrogens is 743 g/mol. The molecule has 0 radical (unpaired) electrons. The van der Waals surface area contributed by atoms with Crippen LogP contribution in [-0.4, -0.2) is 46.9 Å². The fraction of sp³-hybridized carbons (Fsp3) is 0.704. The summed E-state index contributed by atoms with van der Waals surface area (Å²) in [6, 6.07) is -0.723. The molecule has 1 amide bonds. The molecular formula is C54H93NO5. The van der Waals surface area contributed by atoms with Gasteiger partial charge in [0.05, 0.1) is 25.2 Å². The summed E-state index contributed by atoms with van der Waals surface area (Å²) in [6.45, 7) is 6.29. The number of aliphatic hydroxyl groups is 2. The highest BCUT2D eigenvalue weighted by Crippen LogP contribution is 2.16. The lowest BCUT2D eigenvalue weighted by Gasteiger charge is -2.24. The molecule has 0 aliphatic heterocycles. The van der Waals surface area contributed by atoms with E-state index in [4.69, 9.17) is 4.74 Å². The van der Waals surface area contributed by atoms with Crippen LogP contribution in [0.4, 0.5) is 0 Å². The van der Waals surface area contributed by atoms with Gasteiger partial charge in [-0.05, 0) is 83.5 Å². The average molecular weight is 836 g/mol. The van der Waals surface area contributed by atoms with Gasteiger partial charge >= 0.3 is 5.97 Å². The van der Waals surface area contributed by atoms with E-state index >= 15 is 0 Å². The molecule has 0 fully saturated rings. The minimum Gasteiger partial charge on any atom is -0.462 e. The van der Waals surface area contributed by atoms with Crippen molar-refractivity contribution in [2.45, 2.75) is 238 Å². The number of esters is 1. The number of ether oxygens (including phenoxy) is 1. The van der Waals surface area contributed by atoms with E-state index in [0.29, 0.717) is 19.3 Å². The number of carbonyl (C=O) groups excluding carboxylic acids is 2. The zero-order valence-corrected chi connectivity index (χ0v) is 39.1. The molecule has 0 aromatic heterocycles. The van der Waals surface area contributed by atoms with Crippen molar-refractivity contribution in [3.63, 3.8) is 0 Å². The third-order valence-electron chi connectivity index (χ3n) is 10.7. The van der Waals surface area contributed by atoms with Crippen LogP contribution < -0.4 is 5.32 Å². The second kappa shape index (κ2) is 47.1. The standard InChI is InChI=1S/C54H93NO5/c1-4-7-10-13-16-19-21-23-24-25-26-27-28-30-32-35-38-41-44-47-54(59)60-50(45-42-39-36-33-18-15-12-9-6-3)48-53(58)55-51(49-56)52(57)46-43-40-37-34-31-29-22-20-17-14-11-8-5-2/h7,10,15-16,18-19,23-24,26-27,30,32,38,41,50-52,56-57H,4-6,8-9,11-14,17,20-22,25,28-29,31,33-37,39-40,42-49H2,1-3H3,(H,55,58)/b10-7-,18-15-,19-16-,24-23-,27-26-,32-30-,41-38-. The smallest absolute Gasteiger partial charge is 0.306 e. The monoisotopic (exact) mass is 836 g/mol. The highest BCUT2D eigenvalue weighted by molar-refractivity contribution is 5.77. The van der Waals surface area contributed by atoms with Crippen LogP contribution >= 0.6 is 0 Å². The van der Waals surface area contributed by atoms with E-state index in [-0.39, 0.29) is 31.3 Å². The fourth-order valence-electron chi connectivity index (χ4n) is 6.97. The topological polar surface area (TPSA) is 95.9 Å². The maximum absolute atomic E-state index is 13.1. The van der Waals surface area contributed by atoms with Crippen molar-refractivity contribution in [3.8, 4) is 0 Å². The Morgan fingerprint density at radius 1 is 0.500 bits per heavy atom. The van der Waals surface area contributed by atoms with Crippen LogP contribution in [0, 0.1) is 0 Å². The van der Waals surface area contributed by atoms with Gasteiger partial charge in [-0.15, -0.1) is 0 Å². The van der Waals surface area contributed by atoms with Crippen LogP contribution in [0.3, 0.4) is 0 Å². The predicted molar refractivity (Wildman–Crippen MR) is 259 cm³/mol. The van der Waals surface area contributed by atoms with E-state index in [1.165, 1.54) is 77.0 Å². The van der Waals surface area contributed by atoms with Crippen molar-refractivity contribution in [3.05, 3.63) is 85.1 Å². The van der Waals surface area contributed by atoms with Crippen molar-refractivity contribution < 1.29 is 24.5 Å². The Hall–Kier alpha value is -2.96. The zero-order chi connectivity index (χ0) is 43.8. The van der Waals surface area contributed by atoms with Crippen LogP contribution in [0.2, 0.25) is 0 Å². The van der Waals surface area contributed by atoms with Crippen molar-refractivity contribution in [2.75, 3.05) is 6.61 Å². The molecule has 6 nitrogen and oxygen atoms in total. The second-order valence-electron chi connectivity index (χ2n) is 16.5.